The number of carbonyl (C=O) groups is 3. The minimum absolute atomic E-state index is 0.124. The van der Waals surface area contributed by atoms with E-state index in [1.54, 1.807) is 0 Å². The lowest BCUT2D eigenvalue weighted by Crippen LogP contribution is -2.40. The molecule has 1 aliphatic rings. The number of amides is 1. The van der Waals surface area contributed by atoms with E-state index in [-0.39, 0.29) is 6.54 Å². The van der Waals surface area contributed by atoms with Crippen molar-refractivity contribution < 1.29 is 33.4 Å². The summed E-state index contributed by atoms with van der Waals surface area (Å²) in [5, 5.41) is 0.649. The van der Waals surface area contributed by atoms with Gasteiger partial charge >= 0.3 is 18.2 Å². The van der Waals surface area contributed by atoms with Crippen molar-refractivity contribution in [2.45, 2.75) is 12.8 Å². The lowest BCUT2D eigenvalue weighted by molar-refractivity contribution is -0.155. The van der Waals surface area contributed by atoms with Gasteiger partial charge in [-0.3, -0.25) is 4.79 Å². The van der Waals surface area contributed by atoms with Crippen molar-refractivity contribution in [3.63, 3.8) is 0 Å². The van der Waals surface area contributed by atoms with Crippen LogP contribution in [0.2, 0.25) is 0 Å². The van der Waals surface area contributed by atoms with E-state index in [1.807, 2.05) is 0 Å². The molecule has 1 saturated carbocycles. The van der Waals surface area contributed by atoms with Gasteiger partial charge in [-0.2, -0.15) is 0 Å². The average Bonchev–Trinajstić information content (AvgIpc) is 3.16. The highest BCUT2D eigenvalue weighted by atomic mass is 16.8. The summed E-state index contributed by atoms with van der Waals surface area (Å²) < 4.78 is 13.4. The zero-order chi connectivity index (χ0) is 13.8. The van der Waals surface area contributed by atoms with Gasteiger partial charge in [0.25, 0.3) is 0 Å². The van der Waals surface area contributed by atoms with Crippen LogP contribution in [0.1, 0.15) is 12.8 Å². The zero-order valence-electron chi connectivity index (χ0n) is 10.4. The van der Waals surface area contributed by atoms with Crippen LogP contribution in [0.4, 0.5) is 9.59 Å². The molecule has 0 spiro atoms. The third-order valence-electron chi connectivity index (χ3n) is 2.65. The number of hydrogen-bond acceptors (Lipinski definition) is 7. The number of esters is 1. The second-order valence-corrected chi connectivity index (χ2v) is 3.82. The Bertz CT molecular complexity index is 350. The van der Waals surface area contributed by atoms with Crippen LogP contribution in [-0.4, -0.2) is 51.2 Å². The van der Waals surface area contributed by atoms with E-state index >= 15 is 0 Å². The standard InChI is InChI=1S/C10H15NO7/c1-15-7(12)10(4-5-10)6-11(8(13)16-2)18-9(14)17-3/h4-6H2,1-3H3. The predicted molar refractivity (Wildman–Crippen MR) is 56.3 cm³/mol. The van der Waals surface area contributed by atoms with Crippen LogP contribution < -0.4 is 0 Å². The molecule has 8 heteroatoms. The molecule has 102 valence electrons. The molecule has 0 aromatic heterocycles. The van der Waals surface area contributed by atoms with Crippen molar-refractivity contribution in [2.24, 2.45) is 5.41 Å². The highest BCUT2D eigenvalue weighted by Crippen LogP contribution is 2.47. The summed E-state index contributed by atoms with van der Waals surface area (Å²) in [7, 11) is 3.49. The zero-order valence-corrected chi connectivity index (χ0v) is 10.4. The molecule has 0 heterocycles. The van der Waals surface area contributed by atoms with E-state index in [4.69, 9.17) is 0 Å². The Balaban J connectivity index is 2.70. The normalized spacial score (nSPS) is 15.3. The van der Waals surface area contributed by atoms with Gasteiger partial charge in [-0.1, -0.05) is 0 Å². The first-order chi connectivity index (χ1) is 8.49. The first-order valence-corrected chi connectivity index (χ1v) is 5.19. The number of hydrogen-bond donors (Lipinski definition) is 0. The van der Waals surface area contributed by atoms with Crippen molar-refractivity contribution in [2.75, 3.05) is 27.9 Å². The highest BCUT2D eigenvalue weighted by Gasteiger charge is 2.54. The van der Waals surface area contributed by atoms with Crippen LogP contribution in [0, 0.1) is 5.41 Å². The molecular formula is C10H15NO7. The molecule has 0 aromatic carbocycles. The second-order valence-electron chi connectivity index (χ2n) is 3.82. The molecule has 0 aromatic rings. The molecule has 1 amide bonds. The van der Waals surface area contributed by atoms with Crippen LogP contribution in [0.25, 0.3) is 0 Å². The number of hydroxylamine groups is 2. The van der Waals surface area contributed by atoms with E-state index < -0.39 is 23.6 Å². The summed E-state index contributed by atoms with van der Waals surface area (Å²) >= 11 is 0. The van der Waals surface area contributed by atoms with Gasteiger partial charge in [0.05, 0.1) is 33.3 Å². The Morgan fingerprint density at radius 3 is 2.06 bits per heavy atom. The summed E-state index contributed by atoms with van der Waals surface area (Å²) in [5.41, 5.74) is -0.822. The van der Waals surface area contributed by atoms with Crippen molar-refractivity contribution in [1.29, 1.82) is 0 Å². The fourth-order valence-corrected chi connectivity index (χ4v) is 1.43. The maximum Gasteiger partial charge on any atom is 0.533 e. The molecule has 0 bridgehead atoms. The average molecular weight is 261 g/mol. The maximum absolute atomic E-state index is 11.5. The molecule has 0 unspecified atom stereocenters. The quantitative estimate of drug-likeness (QED) is 0.419. The number of ether oxygens (including phenoxy) is 3. The summed E-state index contributed by atoms with van der Waals surface area (Å²) in [6.45, 7) is -0.124. The van der Waals surface area contributed by atoms with E-state index in [1.165, 1.54) is 7.11 Å². The first-order valence-electron chi connectivity index (χ1n) is 5.19. The Hall–Kier alpha value is -1.99. The topological polar surface area (TPSA) is 91.4 Å². The summed E-state index contributed by atoms with van der Waals surface area (Å²) in [6, 6.07) is 0. The third kappa shape index (κ3) is 3.02. The van der Waals surface area contributed by atoms with Crippen LogP contribution in [0.5, 0.6) is 0 Å². The van der Waals surface area contributed by atoms with E-state index in [0.29, 0.717) is 17.9 Å². The van der Waals surface area contributed by atoms with Crippen LogP contribution >= 0.6 is 0 Å². The predicted octanol–water partition coefficient (Wildman–Crippen LogP) is 0.706. The molecule has 18 heavy (non-hydrogen) atoms. The van der Waals surface area contributed by atoms with Crippen molar-refractivity contribution in [3.05, 3.63) is 0 Å². The van der Waals surface area contributed by atoms with Crippen LogP contribution in [-0.2, 0) is 23.8 Å². The summed E-state index contributed by atoms with van der Waals surface area (Å²) in [5.74, 6) is -0.454. The van der Waals surface area contributed by atoms with Gasteiger partial charge in [0.1, 0.15) is 0 Å². The molecule has 1 fully saturated rings. The lowest BCUT2D eigenvalue weighted by atomic mass is 10.1. The van der Waals surface area contributed by atoms with Gasteiger partial charge < -0.3 is 19.0 Å². The van der Waals surface area contributed by atoms with E-state index in [9.17, 15) is 14.4 Å². The van der Waals surface area contributed by atoms with Crippen molar-refractivity contribution in [1.82, 2.24) is 5.06 Å². The molecule has 0 atom stereocenters. The fourth-order valence-electron chi connectivity index (χ4n) is 1.43. The third-order valence-corrected chi connectivity index (χ3v) is 2.65. The van der Waals surface area contributed by atoms with Gasteiger partial charge in [0, 0.05) is 0 Å². The SMILES string of the molecule is COC(=O)ON(CC1(C(=O)OC)CC1)C(=O)OC. The van der Waals surface area contributed by atoms with Gasteiger partial charge in [-0.25, -0.2) is 9.59 Å². The molecule has 0 radical (unpaired) electrons. The van der Waals surface area contributed by atoms with Gasteiger partial charge in [-0.15, -0.1) is 5.06 Å². The van der Waals surface area contributed by atoms with E-state index in [0.717, 1.165) is 14.2 Å². The first kappa shape index (κ1) is 14.1. The molecule has 1 aliphatic carbocycles. The molecule has 0 N–H and O–H groups in total. The van der Waals surface area contributed by atoms with E-state index in [2.05, 4.69) is 19.0 Å². The maximum atomic E-state index is 11.5. The summed E-state index contributed by atoms with van der Waals surface area (Å²) in [4.78, 5) is 38.5. The molecule has 8 nitrogen and oxygen atoms in total. The highest BCUT2D eigenvalue weighted by molar-refractivity contribution is 5.81. The number of carbonyl (C=O) groups excluding carboxylic acids is 3. The van der Waals surface area contributed by atoms with Crippen LogP contribution in [0.15, 0.2) is 0 Å². The molecular weight excluding hydrogens is 246 g/mol. The Labute approximate surface area is 104 Å². The van der Waals surface area contributed by atoms with Crippen molar-refractivity contribution >= 4 is 18.2 Å². The Kier molecular flexibility index (Phi) is 4.35. The minimum atomic E-state index is -1.07. The van der Waals surface area contributed by atoms with Gasteiger partial charge in [-0.05, 0) is 12.8 Å². The molecule has 0 aliphatic heterocycles. The molecule has 1 rings (SSSR count). The monoisotopic (exact) mass is 261 g/mol. The largest absolute Gasteiger partial charge is 0.533 e. The van der Waals surface area contributed by atoms with Gasteiger partial charge in [0.2, 0.25) is 0 Å². The number of methoxy groups -OCH3 is 3. The van der Waals surface area contributed by atoms with Crippen LogP contribution in [0.3, 0.4) is 0 Å². The Morgan fingerprint density at radius 2 is 1.67 bits per heavy atom. The second kappa shape index (κ2) is 5.56. The summed E-state index contributed by atoms with van der Waals surface area (Å²) in [6.07, 6.45) is -0.855. The number of rotatable bonds is 3. The molecule has 0 saturated heterocycles. The lowest BCUT2D eigenvalue weighted by Gasteiger charge is -2.22. The smallest absolute Gasteiger partial charge is 0.469 e. The minimum Gasteiger partial charge on any atom is -0.469 e. The fraction of sp³-hybridized carbons (Fsp3) is 0.700. The van der Waals surface area contributed by atoms with Gasteiger partial charge in [0.15, 0.2) is 0 Å². The number of nitrogens with zero attached hydrogens (tertiary/aromatic N) is 1. The van der Waals surface area contributed by atoms with Crippen molar-refractivity contribution in [3.8, 4) is 0 Å². The Morgan fingerprint density at radius 1 is 1.06 bits per heavy atom.